The standard InChI is InChI=1S/C18H24N4O4/c1-13-5-6-14(22-9-2-4-16(22)23)12-15(13)20-17(24)19-7-10-21-8-3-11-26-18(21)25/h5-6,12H,2-4,7-11H2,1H3,(H2,19,20,24). The summed E-state index contributed by atoms with van der Waals surface area (Å²) < 4.78 is 4.96. The summed E-state index contributed by atoms with van der Waals surface area (Å²) in [6.45, 7) is 4.46. The van der Waals surface area contributed by atoms with Gasteiger partial charge in [0.25, 0.3) is 0 Å². The molecule has 2 heterocycles. The maximum atomic E-state index is 12.1. The smallest absolute Gasteiger partial charge is 0.409 e. The van der Waals surface area contributed by atoms with Crippen LogP contribution in [0.2, 0.25) is 0 Å². The van der Waals surface area contributed by atoms with Crippen molar-refractivity contribution in [3.63, 3.8) is 0 Å². The zero-order chi connectivity index (χ0) is 18.5. The highest BCUT2D eigenvalue weighted by Crippen LogP contribution is 2.26. The van der Waals surface area contributed by atoms with Crippen LogP contribution in [0.5, 0.6) is 0 Å². The SMILES string of the molecule is Cc1ccc(N2CCCC2=O)cc1NC(=O)NCCN1CCCOC1=O. The number of aryl methyl sites for hydroxylation is 1. The molecule has 4 amide bonds. The minimum Gasteiger partial charge on any atom is -0.449 e. The molecule has 0 unspecified atom stereocenters. The van der Waals surface area contributed by atoms with Crippen LogP contribution < -0.4 is 15.5 Å². The van der Waals surface area contributed by atoms with E-state index < -0.39 is 0 Å². The van der Waals surface area contributed by atoms with Crippen molar-refractivity contribution in [1.82, 2.24) is 10.2 Å². The van der Waals surface area contributed by atoms with Crippen LogP contribution in [0.3, 0.4) is 0 Å². The minimum absolute atomic E-state index is 0.109. The van der Waals surface area contributed by atoms with E-state index in [1.165, 1.54) is 0 Å². The molecule has 2 saturated heterocycles. The minimum atomic E-state index is -0.344. The molecule has 0 saturated carbocycles. The van der Waals surface area contributed by atoms with Crippen molar-refractivity contribution in [2.45, 2.75) is 26.2 Å². The lowest BCUT2D eigenvalue weighted by Crippen LogP contribution is -2.43. The Hall–Kier alpha value is -2.77. The highest BCUT2D eigenvalue weighted by molar-refractivity contribution is 5.97. The average Bonchev–Trinajstić information content (AvgIpc) is 3.04. The molecule has 140 valence electrons. The number of hydrogen-bond donors (Lipinski definition) is 2. The summed E-state index contributed by atoms with van der Waals surface area (Å²) in [6, 6.07) is 5.26. The Kier molecular flexibility index (Phi) is 5.60. The van der Waals surface area contributed by atoms with Gasteiger partial charge < -0.3 is 25.2 Å². The van der Waals surface area contributed by atoms with Crippen molar-refractivity contribution >= 4 is 29.4 Å². The van der Waals surface area contributed by atoms with Crippen molar-refractivity contribution in [3.8, 4) is 0 Å². The Morgan fingerprint density at radius 2 is 2.08 bits per heavy atom. The van der Waals surface area contributed by atoms with E-state index >= 15 is 0 Å². The van der Waals surface area contributed by atoms with Crippen LogP contribution in [0.1, 0.15) is 24.8 Å². The van der Waals surface area contributed by atoms with Gasteiger partial charge in [-0.25, -0.2) is 9.59 Å². The fourth-order valence-corrected chi connectivity index (χ4v) is 3.11. The summed E-state index contributed by atoms with van der Waals surface area (Å²) in [7, 11) is 0. The summed E-state index contributed by atoms with van der Waals surface area (Å²) in [5, 5.41) is 5.56. The van der Waals surface area contributed by atoms with Crippen molar-refractivity contribution in [2.24, 2.45) is 0 Å². The van der Waals surface area contributed by atoms with Crippen LogP contribution >= 0.6 is 0 Å². The van der Waals surface area contributed by atoms with Crippen LogP contribution in [0.4, 0.5) is 21.0 Å². The number of ether oxygens (including phenoxy) is 1. The van der Waals surface area contributed by atoms with E-state index in [1.54, 1.807) is 9.80 Å². The van der Waals surface area contributed by atoms with Gasteiger partial charge in [0.15, 0.2) is 0 Å². The zero-order valence-electron chi connectivity index (χ0n) is 14.9. The fraction of sp³-hybridized carbons (Fsp3) is 0.500. The van der Waals surface area contributed by atoms with Gasteiger partial charge in [-0.15, -0.1) is 0 Å². The van der Waals surface area contributed by atoms with Gasteiger partial charge in [-0.3, -0.25) is 4.79 Å². The lowest BCUT2D eigenvalue weighted by atomic mass is 10.1. The third-order valence-electron chi connectivity index (χ3n) is 4.58. The van der Waals surface area contributed by atoms with E-state index in [-0.39, 0.29) is 18.0 Å². The van der Waals surface area contributed by atoms with Gasteiger partial charge in [-0.05, 0) is 37.5 Å². The molecule has 2 N–H and O–H groups in total. The van der Waals surface area contributed by atoms with Gasteiger partial charge in [-0.2, -0.15) is 0 Å². The van der Waals surface area contributed by atoms with Crippen LogP contribution in [-0.4, -0.2) is 55.7 Å². The average molecular weight is 360 g/mol. The topological polar surface area (TPSA) is 91.0 Å². The first-order chi connectivity index (χ1) is 12.5. The second-order valence-corrected chi connectivity index (χ2v) is 6.48. The predicted molar refractivity (Wildman–Crippen MR) is 97.3 cm³/mol. The molecule has 0 aliphatic carbocycles. The largest absolute Gasteiger partial charge is 0.449 e. The van der Waals surface area contributed by atoms with E-state index in [9.17, 15) is 14.4 Å². The second kappa shape index (κ2) is 8.07. The first-order valence-corrected chi connectivity index (χ1v) is 8.92. The van der Waals surface area contributed by atoms with Crippen molar-refractivity contribution in [2.75, 3.05) is 43.0 Å². The third-order valence-corrected chi connectivity index (χ3v) is 4.58. The van der Waals surface area contributed by atoms with E-state index in [0.29, 0.717) is 44.9 Å². The molecular weight excluding hydrogens is 336 g/mol. The summed E-state index contributed by atoms with van der Waals surface area (Å²) >= 11 is 0. The van der Waals surface area contributed by atoms with Crippen LogP contribution in [0.15, 0.2) is 18.2 Å². The number of carbonyl (C=O) groups is 3. The van der Waals surface area contributed by atoms with Gasteiger partial charge in [0.05, 0.1) is 6.61 Å². The maximum absolute atomic E-state index is 12.1. The number of anilines is 2. The number of amides is 4. The predicted octanol–water partition coefficient (Wildman–Crippen LogP) is 2.09. The number of urea groups is 1. The molecule has 2 aliphatic heterocycles. The van der Waals surface area contributed by atoms with E-state index in [4.69, 9.17) is 4.74 Å². The molecule has 8 heteroatoms. The lowest BCUT2D eigenvalue weighted by molar-refractivity contribution is -0.117. The monoisotopic (exact) mass is 360 g/mol. The molecule has 3 rings (SSSR count). The molecule has 0 atom stereocenters. The number of nitrogens with zero attached hydrogens (tertiary/aromatic N) is 2. The summed E-state index contributed by atoms with van der Waals surface area (Å²) in [4.78, 5) is 38.9. The Morgan fingerprint density at radius 3 is 2.81 bits per heavy atom. The Morgan fingerprint density at radius 1 is 1.23 bits per heavy atom. The molecule has 0 aromatic heterocycles. The first kappa shape index (κ1) is 18.0. The van der Waals surface area contributed by atoms with Crippen molar-refractivity contribution in [3.05, 3.63) is 23.8 Å². The third kappa shape index (κ3) is 4.25. The first-order valence-electron chi connectivity index (χ1n) is 8.92. The zero-order valence-corrected chi connectivity index (χ0v) is 14.9. The van der Waals surface area contributed by atoms with Gasteiger partial charge in [0.2, 0.25) is 5.91 Å². The molecule has 0 spiro atoms. The van der Waals surface area contributed by atoms with Crippen LogP contribution in [0, 0.1) is 6.92 Å². The number of nitrogens with one attached hydrogen (secondary N) is 2. The van der Waals surface area contributed by atoms with Crippen LogP contribution in [0.25, 0.3) is 0 Å². The van der Waals surface area contributed by atoms with E-state index in [1.807, 2.05) is 25.1 Å². The Labute approximate surface area is 152 Å². The highest BCUT2D eigenvalue weighted by Gasteiger charge is 2.22. The molecule has 1 aromatic rings. The van der Waals surface area contributed by atoms with E-state index in [0.717, 1.165) is 24.1 Å². The number of rotatable bonds is 5. The fourth-order valence-electron chi connectivity index (χ4n) is 3.11. The maximum Gasteiger partial charge on any atom is 0.409 e. The molecule has 2 fully saturated rings. The summed E-state index contributed by atoms with van der Waals surface area (Å²) in [6.07, 6.45) is 1.89. The normalized spacial score (nSPS) is 17.3. The molecule has 8 nitrogen and oxygen atoms in total. The summed E-state index contributed by atoms with van der Waals surface area (Å²) in [5.41, 5.74) is 2.37. The second-order valence-electron chi connectivity index (χ2n) is 6.48. The molecule has 0 radical (unpaired) electrons. The Balaban J connectivity index is 1.53. The van der Waals surface area contributed by atoms with Crippen molar-refractivity contribution < 1.29 is 19.1 Å². The summed E-state index contributed by atoms with van der Waals surface area (Å²) in [5.74, 6) is 0.109. The number of cyclic esters (lactones) is 1. The highest BCUT2D eigenvalue weighted by atomic mass is 16.6. The number of hydrogen-bond acceptors (Lipinski definition) is 4. The molecular formula is C18H24N4O4. The van der Waals surface area contributed by atoms with Crippen LogP contribution in [-0.2, 0) is 9.53 Å². The Bertz CT molecular complexity index is 706. The van der Waals surface area contributed by atoms with Gasteiger partial charge in [-0.1, -0.05) is 6.07 Å². The molecule has 0 bridgehead atoms. The van der Waals surface area contributed by atoms with Gasteiger partial charge in [0, 0.05) is 44.0 Å². The van der Waals surface area contributed by atoms with Gasteiger partial charge >= 0.3 is 12.1 Å². The lowest BCUT2D eigenvalue weighted by Gasteiger charge is -2.26. The molecule has 26 heavy (non-hydrogen) atoms. The quantitative estimate of drug-likeness (QED) is 0.841. The van der Waals surface area contributed by atoms with Crippen molar-refractivity contribution in [1.29, 1.82) is 0 Å². The van der Waals surface area contributed by atoms with E-state index in [2.05, 4.69) is 10.6 Å². The molecule has 1 aromatic carbocycles. The molecule has 2 aliphatic rings. The number of benzene rings is 1. The van der Waals surface area contributed by atoms with Gasteiger partial charge in [0.1, 0.15) is 0 Å². The number of carbonyl (C=O) groups excluding carboxylic acids is 3.